The van der Waals surface area contributed by atoms with Gasteiger partial charge in [-0.2, -0.15) is 4.98 Å². The zero-order valence-corrected chi connectivity index (χ0v) is 15.4. The first-order valence-electron chi connectivity index (χ1n) is 7.72. The first-order valence-corrected chi connectivity index (χ1v) is 8.89. The van der Waals surface area contributed by atoms with Crippen molar-refractivity contribution in [2.75, 3.05) is 10.6 Å². The highest BCUT2D eigenvalue weighted by Gasteiger charge is 2.19. The molecule has 0 radical (unpaired) electrons. The Labute approximate surface area is 158 Å². The van der Waals surface area contributed by atoms with E-state index < -0.39 is 0 Å². The van der Waals surface area contributed by atoms with Crippen LogP contribution in [0.4, 0.5) is 11.5 Å². The van der Waals surface area contributed by atoms with Gasteiger partial charge >= 0.3 is 0 Å². The second kappa shape index (κ2) is 6.90. The van der Waals surface area contributed by atoms with E-state index in [1.54, 1.807) is 0 Å². The van der Waals surface area contributed by atoms with Crippen molar-refractivity contribution in [3.63, 3.8) is 0 Å². The molecule has 0 bridgehead atoms. The highest BCUT2D eigenvalue weighted by atomic mass is 79.9. The number of hydrogen-bond acceptors (Lipinski definition) is 5. The molecule has 0 saturated carbocycles. The summed E-state index contributed by atoms with van der Waals surface area (Å²) in [7, 11) is 0. The Balaban J connectivity index is 1.58. The van der Waals surface area contributed by atoms with Gasteiger partial charge in [0, 0.05) is 28.1 Å². The zero-order chi connectivity index (χ0) is 17.2. The monoisotopic (exact) mass is 416 g/mol. The molecule has 2 N–H and O–H groups in total. The maximum absolute atomic E-state index is 5.97. The number of nitrogens with zero attached hydrogens (tertiary/aromatic N) is 2. The van der Waals surface area contributed by atoms with E-state index in [-0.39, 0.29) is 0 Å². The summed E-state index contributed by atoms with van der Waals surface area (Å²) in [5.41, 5.74) is 2.92. The number of benzene rings is 2. The number of fused-ring (bicyclic) bond motifs is 2. The second-order valence-corrected chi connectivity index (χ2v) is 6.94. The van der Waals surface area contributed by atoms with Crippen LogP contribution < -0.4 is 15.4 Å². The fourth-order valence-corrected chi connectivity index (χ4v) is 3.14. The lowest BCUT2D eigenvalue weighted by atomic mass is 10.2. The molecule has 1 aliphatic rings. The minimum absolute atomic E-state index is 0.509. The van der Waals surface area contributed by atoms with Crippen LogP contribution in [-0.4, -0.2) is 9.97 Å². The van der Waals surface area contributed by atoms with Crippen molar-refractivity contribution in [1.82, 2.24) is 9.97 Å². The molecule has 0 unspecified atom stereocenters. The highest BCUT2D eigenvalue weighted by molar-refractivity contribution is 9.10. The lowest BCUT2D eigenvalue weighted by molar-refractivity contribution is 0.463. The molecule has 0 fully saturated rings. The van der Waals surface area contributed by atoms with E-state index in [0.717, 1.165) is 32.1 Å². The fraction of sp³-hybridized carbons (Fsp3) is 0.111. The summed E-state index contributed by atoms with van der Waals surface area (Å²) in [6.07, 6.45) is 1.49. The predicted octanol–water partition coefficient (Wildman–Crippen LogP) is 5.22. The summed E-state index contributed by atoms with van der Waals surface area (Å²) in [4.78, 5) is 8.61. The van der Waals surface area contributed by atoms with Crippen molar-refractivity contribution in [3.05, 3.63) is 69.4 Å². The summed E-state index contributed by atoms with van der Waals surface area (Å²) in [6, 6.07) is 13.6. The van der Waals surface area contributed by atoms with Crippen LogP contribution in [0.3, 0.4) is 0 Å². The number of halogens is 2. The number of rotatable bonds is 3. The van der Waals surface area contributed by atoms with E-state index in [1.165, 1.54) is 6.33 Å². The molecule has 5 nitrogen and oxygen atoms in total. The third-order valence-electron chi connectivity index (χ3n) is 3.87. The van der Waals surface area contributed by atoms with Gasteiger partial charge in [0.25, 0.3) is 0 Å². The second-order valence-electron chi connectivity index (χ2n) is 5.59. The first-order chi connectivity index (χ1) is 12.2. The third-order valence-corrected chi connectivity index (χ3v) is 4.62. The lowest BCUT2D eigenvalue weighted by Gasteiger charge is -2.12. The molecule has 1 aromatic heterocycles. The largest absolute Gasteiger partial charge is 0.437 e. The molecule has 2 aromatic carbocycles. The van der Waals surface area contributed by atoms with E-state index in [1.807, 2.05) is 42.5 Å². The van der Waals surface area contributed by atoms with Crippen LogP contribution in [0.2, 0.25) is 5.02 Å². The Morgan fingerprint density at radius 2 is 2.00 bits per heavy atom. The van der Waals surface area contributed by atoms with Gasteiger partial charge in [0.15, 0.2) is 5.82 Å². The van der Waals surface area contributed by atoms with Gasteiger partial charge in [-0.3, -0.25) is 0 Å². The number of nitrogens with one attached hydrogen (secondary N) is 2. The maximum Gasteiger partial charge on any atom is 0.248 e. The van der Waals surface area contributed by atoms with Crippen LogP contribution in [0, 0.1) is 0 Å². The summed E-state index contributed by atoms with van der Waals surface area (Å²) in [5, 5.41) is 7.42. The SMILES string of the molecule is Clc1ccc(CNc2ncnc3c2NCc2cc(Br)ccc2O3)cc1. The normalized spacial score (nSPS) is 12.2. The van der Waals surface area contributed by atoms with Crippen LogP contribution in [0.25, 0.3) is 0 Å². The maximum atomic E-state index is 5.97. The Morgan fingerprint density at radius 1 is 1.16 bits per heavy atom. The summed E-state index contributed by atoms with van der Waals surface area (Å²) in [5.74, 6) is 2.00. The minimum Gasteiger partial charge on any atom is -0.437 e. The molecule has 0 amide bonds. The van der Waals surface area contributed by atoms with E-state index >= 15 is 0 Å². The average Bonchev–Trinajstić information content (AvgIpc) is 2.80. The van der Waals surface area contributed by atoms with Crippen LogP contribution in [0.15, 0.2) is 53.3 Å². The van der Waals surface area contributed by atoms with Gasteiger partial charge in [-0.05, 0) is 35.9 Å². The molecule has 25 heavy (non-hydrogen) atoms. The van der Waals surface area contributed by atoms with E-state index in [9.17, 15) is 0 Å². The standard InChI is InChI=1S/C18H14BrClN4O/c19-13-3-6-15-12(7-13)9-21-16-17(23-10-24-18(16)25-15)22-8-11-1-4-14(20)5-2-11/h1-7,10,21H,8-9H2,(H,22,23,24). The molecule has 1 aliphatic heterocycles. The number of hydrogen-bond donors (Lipinski definition) is 2. The molecular formula is C18H14BrClN4O. The quantitative estimate of drug-likeness (QED) is 0.611. The molecule has 0 atom stereocenters. The topological polar surface area (TPSA) is 59.1 Å². The third kappa shape index (κ3) is 3.55. The Morgan fingerprint density at radius 3 is 2.84 bits per heavy atom. The molecule has 0 spiro atoms. The van der Waals surface area contributed by atoms with Gasteiger partial charge in [-0.15, -0.1) is 0 Å². The average molecular weight is 418 g/mol. The molecule has 2 heterocycles. The van der Waals surface area contributed by atoms with E-state index in [4.69, 9.17) is 16.3 Å². The molecule has 0 aliphatic carbocycles. The van der Waals surface area contributed by atoms with Gasteiger partial charge < -0.3 is 15.4 Å². The Kier molecular flexibility index (Phi) is 4.46. The minimum atomic E-state index is 0.509. The molecular weight excluding hydrogens is 404 g/mol. The fourth-order valence-electron chi connectivity index (χ4n) is 2.60. The van der Waals surface area contributed by atoms with Crippen LogP contribution in [0.5, 0.6) is 11.6 Å². The number of aromatic nitrogens is 2. The molecule has 3 aromatic rings. The predicted molar refractivity (Wildman–Crippen MR) is 102 cm³/mol. The Hall–Kier alpha value is -2.31. The first kappa shape index (κ1) is 16.2. The number of ether oxygens (including phenoxy) is 1. The summed E-state index contributed by atoms with van der Waals surface area (Å²) < 4.78 is 6.98. The van der Waals surface area contributed by atoms with Gasteiger partial charge in [-0.1, -0.05) is 39.7 Å². The highest BCUT2D eigenvalue weighted by Crippen LogP contribution is 2.38. The van der Waals surface area contributed by atoms with E-state index in [2.05, 4.69) is 36.5 Å². The van der Waals surface area contributed by atoms with Crippen molar-refractivity contribution in [2.45, 2.75) is 13.1 Å². The van der Waals surface area contributed by atoms with Crippen molar-refractivity contribution >= 4 is 39.0 Å². The molecule has 126 valence electrons. The van der Waals surface area contributed by atoms with Crippen molar-refractivity contribution < 1.29 is 4.74 Å². The van der Waals surface area contributed by atoms with Crippen LogP contribution >= 0.6 is 27.5 Å². The summed E-state index contributed by atoms with van der Waals surface area (Å²) >= 11 is 9.41. The summed E-state index contributed by atoms with van der Waals surface area (Å²) in [6.45, 7) is 1.26. The van der Waals surface area contributed by atoms with Crippen molar-refractivity contribution in [3.8, 4) is 11.6 Å². The van der Waals surface area contributed by atoms with Crippen LogP contribution in [0.1, 0.15) is 11.1 Å². The lowest BCUT2D eigenvalue weighted by Crippen LogP contribution is -2.07. The van der Waals surface area contributed by atoms with E-state index in [0.29, 0.717) is 24.8 Å². The Bertz CT molecular complexity index is 917. The van der Waals surface area contributed by atoms with Gasteiger partial charge in [-0.25, -0.2) is 4.98 Å². The molecule has 0 saturated heterocycles. The molecule has 7 heteroatoms. The smallest absolute Gasteiger partial charge is 0.248 e. The molecule has 4 rings (SSSR count). The van der Waals surface area contributed by atoms with Crippen molar-refractivity contribution in [1.29, 1.82) is 0 Å². The van der Waals surface area contributed by atoms with Crippen LogP contribution in [-0.2, 0) is 13.1 Å². The zero-order valence-electron chi connectivity index (χ0n) is 13.1. The van der Waals surface area contributed by atoms with Gasteiger partial charge in [0.05, 0.1) is 0 Å². The van der Waals surface area contributed by atoms with Gasteiger partial charge in [0.1, 0.15) is 17.8 Å². The van der Waals surface area contributed by atoms with Gasteiger partial charge in [0.2, 0.25) is 5.88 Å². The number of anilines is 2. The van der Waals surface area contributed by atoms with Crippen molar-refractivity contribution in [2.24, 2.45) is 0 Å².